The number of piperidine rings is 1. The second kappa shape index (κ2) is 9.35. The molecule has 1 fully saturated rings. The maximum Gasteiger partial charge on any atom is 0.289 e. The van der Waals surface area contributed by atoms with Crippen LogP contribution in [0.1, 0.15) is 39.5 Å². The first-order chi connectivity index (χ1) is 16.5. The molecule has 1 aliphatic rings. The Balaban J connectivity index is 1.19. The molecule has 1 aliphatic heterocycles. The van der Waals surface area contributed by atoms with Crippen LogP contribution in [0.25, 0.3) is 22.2 Å². The van der Waals surface area contributed by atoms with Crippen molar-refractivity contribution in [3.63, 3.8) is 0 Å². The largest absolute Gasteiger partial charge is 0.451 e. The van der Waals surface area contributed by atoms with Gasteiger partial charge < -0.3 is 19.2 Å². The van der Waals surface area contributed by atoms with Gasteiger partial charge in [-0.05, 0) is 43.9 Å². The number of aromatic nitrogens is 1. The van der Waals surface area contributed by atoms with Gasteiger partial charge in [-0.2, -0.15) is 0 Å². The summed E-state index contributed by atoms with van der Waals surface area (Å²) in [7, 11) is 0. The van der Waals surface area contributed by atoms with Gasteiger partial charge in [0.25, 0.3) is 11.8 Å². The molecule has 0 bridgehead atoms. The van der Waals surface area contributed by atoms with E-state index in [4.69, 9.17) is 20.5 Å². The smallest absolute Gasteiger partial charge is 0.289 e. The van der Waals surface area contributed by atoms with Crippen LogP contribution in [0, 0.1) is 12.8 Å². The Labute approximate surface area is 201 Å². The quantitative estimate of drug-likeness (QED) is 0.419. The number of furan rings is 1. The number of amides is 2. The minimum absolute atomic E-state index is 0.0943. The van der Waals surface area contributed by atoms with E-state index in [0.29, 0.717) is 58.6 Å². The van der Waals surface area contributed by atoms with E-state index in [1.165, 1.54) is 0 Å². The van der Waals surface area contributed by atoms with Gasteiger partial charge in [0.05, 0.1) is 5.02 Å². The molecule has 0 aliphatic carbocycles. The highest BCUT2D eigenvalue weighted by Crippen LogP contribution is 2.31. The van der Waals surface area contributed by atoms with E-state index in [2.05, 4.69) is 10.5 Å². The molecule has 2 amide bonds. The molecule has 0 spiro atoms. The van der Waals surface area contributed by atoms with Gasteiger partial charge >= 0.3 is 0 Å². The Morgan fingerprint density at radius 3 is 2.62 bits per heavy atom. The first-order valence-corrected chi connectivity index (χ1v) is 11.7. The van der Waals surface area contributed by atoms with Gasteiger partial charge in [-0.3, -0.25) is 9.59 Å². The second-order valence-corrected chi connectivity index (χ2v) is 8.94. The molecule has 8 heteroatoms. The Kier molecular flexibility index (Phi) is 6.11. The SMILES string of the molecule is Cc1onc(-c2ccccc2Cl)c1C(=O)NCC1CCN(C(=O)c2cc3ccccc3o2)CC1. The van der Waals surface area contributed by atoms with Crippen LogP contribution in [-0.2, 0) is 0 Å². The molecule has 7 nitrogen and oxygen atoms in total. The molecular weight excluding hydrogens is 454 g/mol. The molecule has 3 heterocycles. The highest BCUT2D eigenvalue weighted by Gasteiger charge is 2.27. The monoisotopic (exact) mass is 477 g/mol. The lowest BCUT2D eigenvalue weighted by Gasteiger charge is -2.31. The van der Waals surface area contributed by atoms with E-state index < -0.39 is 0 Å². The third kappa shape index (κ3) is 4.31. The number of carbonyl (C=O) groups is 2. The van der Waals surface area contributed by atoms with Crippen LogP contribution in [0.4, 0.5) is 0 Å². The third-order valence-corrected chi connectivity index (χ3v) is 6.64. The predicted octanol–water partition coefficient (Wildman–Crippen LogP) is 5.33. The third-order valence-electron chi connectivity index (χ3n) is 6.31. The number of para-hydroxylation sites is 1. The summed E-state index contributed by atoms with van der Waals surface area (Å²) in [6.45, 7) is 3.46. The molecule has 1 saturated heterocycles. The molecule has 1 N–H and O–H groups in total. The molecule has 0 atom stereocenters. The fraction of sp³-hybridized carbons (Fsp3) is 0.269. The lowest BCUT2D eigenvalue weighted by atomic mass is 9.96. The van der Waals surface area contributed by atoms with Gasteiger partial charge in [0.1, 0.15) is 22.6 Å². The number of halogens is 1. The summed E-state index contributed by atoms with van der Waals surface area (Å²) in [5.41, 5.74) is 2.20. The summed E-state index contributed by atoms with van der Waals surface area (Å²) in [5.74, 6) is 0.742. The van der Waals surface area contributed by atoms with Crippen LogP contribution in [-0.4, -0.2) is 41.5 Å². The molecule has 2 aromatic heterocycles. The molecule has 4 aromatic rings. The van der Waals surface area contributed by atoms with Crippen molar-refractivity contribution in [3.05, 3.63) is 76.7 Å². The van der Waals surface area contributed by atoms with Crippen molar-refractivity contribution >= 4 is 34.4 Å². The van der Waals surface area contributed by atoms with E-state index in [1.807, 2.05) is 47.4 Å². The predicted molar refractivity (Wildman–Crippen MR) is 129 cm³/mol. The van der Waals surface area contributed by atoms with Gasteiger partial charge in [0.15, 0.2) is 5.76 Å². The fourth-order valence-electron chi connectivity index (χ4n) is 4.39. The van der Waals surface area contributed by atoms with E-state index in [9.17, 15) is 9.59 Å². The molecule has 5 rings (SSSR count). The minimum atomic E-state index is -0.241. The summed E-state index contributed by atoms with van der Waals surface area (Å²) in [5, 5.41) is 8.50. The molecule has 0 unspecified atom stereocenters. The number of nitrogens with one attached hydrogen (secondary N) is 1. The Morgan fingerprint density at radius 2 is 1.85 bits per heavy atom. The first kappa shape index (κ1) is 22.2. The maximum absolute atomic E-state index is 13.0. The van der Waals surface area contributed by atoms with Crippen molar-refractivity contribution in [1.29, 1.82) is 0 Å². The molecule has 0 radical (unpaired) electrons. The number of hydrogen-bond acceptors (Lipinski definition) is 5. The number of fused-ring (bicyclic) bond motifs is 1. The molecule has 2 aromatic carbocycles. The van der Waals surface area contributed by atoms with E-state index >= 15 is 0 Å². The summed E-state index contributed by atoms with van der Waals surface area (Å²) >= 11 is 6.30. The van der Waals surface area contributed by atoms with E-state index in [0.717, 1.165) is 18.2 Å². The van der Waals surface area contributed by atoms with E-state index in [-0.39, 0.29) is 17.7 Å². The van der Waals surface area contributed by atoms with Crippen molar-refractivity contribution in [1.82, 2.24) is 15.4 Å². The zero-order valence-corrected chi connectivity index (χ0v) is 19.5. The number of carbonyl (C=O) groups excluding carboxylic acids is 2. The van der Waals surface area contributed by atoms with Crippen molar-refractivity contribution in [3.8, 4) is 11.3 Å². The maximum atomic E-state index is 13.0. The number of rotatable bonds is 5. The molecule has 34 heavy (non-hydrogen) atoms. The van der Waals surface area contributed by atoms with Crippen LogP contribution in [0.2, 0.25) is 5.02 Å². The lowest BCUT2D eigenvalue weighted by molar-refractivity contribution is 0.0655. The van der Waals surface area contributed by atoms with Crippen molar-refractivity contribution in [2.24, 2.45) is 5.92 Å². The summed E-state index contributed by atoms with van der Waals surface area (Å²) in [6.07, 6.45) is 1.60. The zero-order chi connectivity index (χ0) is 23.7. The fourth-order valence-corrected chi connectivity index (χ4v) is 4.61. The Bertz CT molecular complexity index is 1320. The van der Waals surface area contributed by atoms with Gasteiger partial charge in [0.2, 0.25) is 0 Å². The van der Waals surface area contributed by atoms with Crippen molar-refractivity contribution in [2.45, 2.75) is 19.8 Å². The van der Waals surface area contributed by atoms with Crippen LogP contribution in [0.5, 0.6) is 0 Å². The number of hydrogen-bond donors (Lipinski definition) is 1. The standard InChI is InChI=1S/C26H24ClN3O4/c1-16-23(24(29-34-16)19-7-3-4-8-20(19)27)25(31)28-15-17-10-12-30(13-11-17)26(32)22-14-18-6-2-5-9-21(18)33-22/h2-9,14,17H,10-13,15H2,1H3,(H,28,31). The summed E-state index contributed by atoms with van der Waals surface area (Å²) in [4.78, 5) is 27.7. The lowest BCUT2D eigenvalue weighted by Crippen LogP contribution is -2.41. The van der Waals surface area contributed by atoms with Crippen molar-refractivity contribution in [2.75, 3.05) is 19.6 Å². The highest BCUT2D eigenvalue weighted by atomic mass is 35.5. The summed E-state index contributed by atoms with van der Waals surface area (Å²) in [6, 6.07) is 16.6. The van der Waals surface area contributed by atoms with Crippen LogP contribution >= 0.6 is 11.6 Å². The van der Waals surface area contributed by atoms with Crippen LogP contribution < -0.4 is 5.32 Å². The summed E-state index contributed by atoms with van der Waals surface area (Å²) < 4.78 is 11.0. The average molecular weight is 478 g/mol. The second-order valence-electron chi connectivity index (χ2n) is 8.54. The number of nitrogens with zero attached hydrogens (tertiary/aromatic N) is 2. The molecular formula is C26H24ClN3O4. The van der Waals surface area contributed by atoms with Crippen LogP contribution in [0.15, 0.2) is 63.5 Å². The van der Waals surface area contributed by atoms with Gasteiger partial charge in [-0.1, -0.05) is 53.2 Å². The number of benzene rings is 2. The van der Waals surface area contributed by atoms with Crippen molar-refractivity contribution < 1.29 is 18.5 Å². The normalized spacial score (nSPS) is 14.5. The van der Waals surface area contributed by atoms with Gasteiger partial charge in [0, 0.05) is 30.6 Å². The molecule has 174 valence electrons. The number of likely N-dealkylation sites (tertiary alicyclic amines) is 1. The minimum Gasteiger partial charge on any atom is -0.451 e. The first-order valence-electron chi connectivity index (χ1n) is 11.3. The van der Waals surface area contributed by atoms with E-state index in [1.54, 1.807) is 19.1 Å². The van der Waals surface area contributed by atoms with Gasteiger partial charge in [-0.25, -0.2) is 0 Å². The Hall–Kier alpha value is -3.58. The Morgan fingerprint density at radius 1 is 1.12 bits per heavy atom. The molecule has 0 saturated carbocycles. The zero-order valence-electron chi connectivity index (χ0n) is 18.7. The number of aryl methyl sites for hydroxylation is 1. The highest BCUT2D eigenvalue weighted by molar-refractivity contribution is 6.33. The van der Waals surface area contributed by atoms with Crippen LogP contribution in [0.3, 0.4) is 0 Å². The van der Waals surface area contributed by atoms with Gasteiger partial charge in [-0.15, -0.1) is 0 Å². The topological polar surface area (TPSA) is 88.6 Å². The average Bonchev–Trinajstić information content (AvgIpc) is 3.46.